The minimum absolute atomic E-state index is 0.0335. The van der Waals surface area contributed by atoms with Crippen molar-refractivity contribution in [3.05, 3.63) is 24.3 Å². The fourth-order valence-electron chi connectivity index (χ4n) is 2.46. The number of carboxylic acids is 1. The van der Waals surface area contributed by atoms with E-state index in [-0.39, 0.29) is 18.6 Å². The molecule has 0 aromatic rings. The standard InChI is InChI=1S/C18H30O4/c1-2-3-9-13-16-18(22-16)15(19)12-10-7-5-4-6-8-11-14-17(20)21/h3,9-10,12,15-16,18-19H,2,4-8,11,13-14H2,1H3,(H,20,21)/b9-3-,12-10-/t15-,16-,18-/m1/s1. The lowest BCUT2D eigenvalue weighted by Gasteiger charge is -2.01. The molecule has 2 N–H and O–H groups in total. The average molecular weight is 310 g/mol. The zero-order chi connectivity index (χ0) is 16.2. The quantitative estimate of drug-likeness (QED) is 0.308. The van der Waals surface area contributed by atoms with Crippen molar-refractivity contribution < 1.29 is 19.7 Å². The number of hydrogen-bond acceptors (Lipinski definition) is 3. The van der Waals surface area contributed by atoms with Gasteiger partial charge in [0.05, 0.1) is 6.10 Å². The molecule has 1 saturated heterocycles. The number of epoxide rings is 1. The Balaban J connectivity index is 1.95. The van der Waals surface area contributed by atoms with Gasteiger partial charge < -0.3 is 14.9 Å². The van der Waals surface area contributed by atoms with Crippen molar-refractivity contribution in [3.8, 4) is 0 Å². The van der Waals surface area contributed by atoms with Crippen molar-refractivity contribution in [1.82, 2.24) is 0 Å². The molecular formula is C18H30O4. The monoisotopic (exact) mass is 310 g/mol. The summed E-state index contributed by atoms with van der Waals surface area (Å²) >= 11 is 0. The van der Waals surface area contributed by atoms with E-state index >= 15 is 0 Å². The van der Waals surface area contributed by atoms with Crippen LogP contribution in [0.5, 0.6) is 0 Å². The lowest BCUT2D eigenvalue weighted by Crippen LogP contribution is -2.13. The highest BCUT2D eigenvalue weighted by atomic mass is 16.6. The van der Waals surface area contributed by atoms with Crippen molar-refractivity contribution in [2.45, 2.75) is 83.0 Å². The fourth-order valence-corrected chi connectivity index (χ4v) is 2.46. The van der Waals surface area contributed by atoms with Gasteiger partial charge in [0.25, 0.3) is 0 Å². The molecule has 0 spiro atoms. The van der Waals surface area contributed by atoms with E-state index in [4.69, 9.17) is 9.84 Å². The Kier molecular flexibility index (Phi) is 9.84. The molecule has 1 heterocycles. The van der Waals surface area contributed by atoms with Gasteiger partial charge in [0.2, 0.25) is 0 Å². The number of allylic oxidation sites excluding steroid dienone is 2. The van der Waals surface area contributed by atoms with Gasteiger partial charge in [-0.15, -0.1) is 0 Å². The van der Waals surface area contributed by atoms with E-state index in [2.05, 4.69) is 19.1 Å². The smallest absolute Gasteiger partial charge is 0.303 e. The number of carboxylic acid groups (broad SMARTS) is 1. The number of carbonyl (C=O) groups is 1. The number of aliphatic hydroxyl groups is 1. The predicted octanol–water partition coefficient (Wildman–Crippen LogP) is 3.84. The third-order valence-electron chi connectivity index (χ3n) is 3.82. The molecule has 0 radical (unpaired) electrons. The van der Waals surface area contributed by atoms with Crippen LogP contribution in [0, 0.1) is 0 Å². The second kappa shape index (κ2) is 11.4. The normalized spacial score (nSPS) is 22.5. The van der Waals surface area contributed by atoms with E-state index in [0.717, 1.165) is 51.4 Å². The summed E-state index contributed by atoms with van der Waals surface area (Å²) in [6.07, 6.45) is 16.0. The van der Waals surface area contributed by atoms with Gasteiger partial charge in [0, 0.05) is 6.42 Å². The van der Waals surface area contributed by atoms with Crippen molar-refractivity contribution in [2.24, 2.45) is 0 Å². The molecule has 22 heavy (non-hydrogen) atoms. The molecule has 0 aromatic heterocycles. The van der Waals surface area contributed by atoms with Gasteiger partial charge in [-0.1, -0.05) is 50.5 Å². The van der Waals surface area contributed by atoms with Crippen LogP contribution in [0.25, 0.3) is 0 Å². The Bertz CT molecular complexity index is 362. The first-order valence-electron chi connectivity index (χ1n) is 8.52. The van der Waals surface area contributed by atoms with E-state index in [1.165, 1.54) is 0 Å². The first-order chi connectivity index (χ1) is 10.6. The Morgan fingerprint density at radius 1 is 1.14 bits per heavy atom. The summed E-state index contributed by atoms with van der Waals surface area (Å²) in [5.41, 5.74) is 0. The number of unbranched alkanes of at least 4 members (excludes halogenated alkanes) is 5. The molecular weight excluding hydrogens is 280 g/mol. The van der Waals surface area contributed by atoms with Crippen LogP contribution < -0.4 is 0 Å². The highest BCUT2D eigenvalue weighted by Crippen LogP contribution is 2.29. The topological polar surface area (TPSA) is 70.1 Å². The first kappa shape index (κ1) is 18.9. The molecule has 0 amide bonds. The van der Waals surface area contributed by atoms with Crippen molar-refractivity contribution >= 4 is 5.97 Å². The highest BCUT2D eigenvalue weighted by Gasteiger charge is 2.42. The van der Waals surface area contributed by atoms with Crippen LogP contribution in [0.15, 0.2) is 24.3 Å². The first-order valence-corrected chi connectivity index (χ1v) is 8.52. The van der Waals surface area contributed by atoms with E-state index in [0.29, 0.717) is 0 Å². The largest absolute Gasteiger partial charge is 0.481 e. The number of aliphatic hydroxyl groups excluding tert-OH is 1. The molecule has 0 bridgehead atoms. The SMILES string of the molecule is CC/C=C\C[C@H]1O[C@@H]1[C@H](O)/C=C\CCCCCCCC(=O)O. The van der Waals surface area contributed by atoms with E-state index < -0.39 is 12.1 Å². The van der Waals surface area contributed by atoms with Gasteiger partial charge in [0.1, 0.15) is 12.2 Å². The Labute approximate surface area is 133 Å². The number of ether oxygens (including phenoxy) is 1. The van der Waals surface area contributed by atoms with Gasteiger partial charge in [0.15, 0.2) is 0 Å². The van der Waals surface area contributed by atoms with Gasteiger partial charge >= 0.3 is 5.97 Å². The van der Waals surface area contributed by atoms with Crippen LogP contribution in [0.3, 0.4) is 0 Å². The summed E-state index contributed by atoms with van der Waals surface area (Å²) in [6, 6.07) is 0. The molecule has 0 saturated carbocycles. The van der Waals surface area contributed by atoms with Crippen LogP contribution in [0.2, 0.25) is 0 Å². The highest BCUT2D eigenvalue weighted by molar-refractivity contribution is 5.66. The molecule has 4 heteroatoms. The molecule has 4 nitrogen and oxygen atoms in total. The molecule has 0 unspecified atom stereocenters. The zero-order valence-electron chi connectivity index (χ0n) is 13.6. The minimum atomic E-state index is -0.706. The molecule has 1 aliphatic heterocycles. The second-order valence-electron chi connectivity index (χ2n) is 5.87. The molecule has 0 aliphatic carbocycles. The van der Waals surface area contributed by atoms with Crippen LogP contribution in [-0.2, 0) is 9.53 Å². The molecule has 3 atom stereocenters. The third kappa shape index (κ3) is 9.00. The van der Waals surface area contributed by atoms with E-state index in [1.807, 2.05) is 12.2 Å². The number of hydrogen-bond donors (Lipinski definition) is 2. The number of aliphatic carboxylic acids is 1. The van der Waals surface area contributed by atoms with Crippen LogP contribution in [0.4, 0.5) is 0 Å². The van der Waals surface area contributed by atoms with Crippen LogP contribution in [0.1, 0.15) is 64.7 Å². The van der Waals surface area contributed by atoms with Gasteiger partial charge in [-0.25, -0.2) is 0 Å². The fraction of sp³-hybridized carbons (Fsp3) is 0.722. The molecule has 0 aromatic carbocycles. The lowest BCUT2D eigenvalue weighted by molar-refractivity contribution is -0.137. The Hall–Kier alpha value is -1.13. The maximum atomic E-state index is 10.3. The van der Waals surface area contributed by atoms with Crippen LogP contribution in [-0.4, -0.2) is 34.5 Å². The van der Waals surface area contributed by atoms with E-state index in [1.54, 1.807) is 0 Å². The van der Waals surface area contributed by atoms with Crippen molar-refractivity contribution in [2.75, 3.05) is 0 Å². The molecule has 126 valence electrons. The average Bonchev–Trinajstić information content (AvgIpc) is 3.25. The van der Waals surface area contributed by atoms with Gasteiger partial charge in [-0.05, 0) is 32.1 Å². The minimum Gasteiger partial charge on any atom is -0.481 e. The summed E-state index contributed by atoms with van der Waals surface area (Å²) in [6.45, 7) is 2.10. The van der Waals surface area contributed by atoms with Crippen LogP contribution >= 0.6 is 0 Å². The summed E-state index contributed by atoms with van der Waals surface area (Å²) in [5, 5.41) is 18.5. The lowest BCUT2D eigenvalue weighted by atomic mass is 10.1. The predicted molar refractivity (Wildman–Crippen MR) is 87.8 cm³/mol. The summed E-state index contributed by atoms with van der Waals surface area (Å²) < 4.78 is 5.47. The summed E-state index contributed by atoms with van der Waals surface area (Å²) in [7, 11) is 0. The number of rotatable bonds is 13. The zero-order valence-corrected chi connectivity index (χ0v) is 13.6. The molecule has 1 rings (SSSR count). The summed E-state index contributed by atoms with van der Waals surface area (Å²) in [4.78, 5) is 10.3. The second-order valence-corrected chi connectivity index (χ2v) is 5.87. The maximum Gasteiger partial charge on any atom is 0.303 e. The maximum absolute atomic E-state index is 10.3. The Morgan fingerprint density at radius 2 is 1.86 bits per heavy atom. The molecule has 1 fully saturated rings. The van der Waals surface area contributed by atoms with Gasteiger partial charge in [-0.2, -0.15) is 0 Å². The molecule has 1 aliphatic rings. The van der Waals surface area contributed by atoms with Gasteiger partial charge in [-0.3, -0.25) is 4.79 Å². The Morgan fingerprint density at radius 3 is 2.59 bits per heavy atom. The summed E-state index contributed by atoms with van der Waals surface area (Å²) in [5.74, 6) is -0.706. The van der Waals surface area contributed by atoms with E-state index in [9.17, 15) is 9.90 Å². The van der Waals surface area contributed by atoms with Crippen molar-refractivity contribution in [1.29, 1.82) is 0 Å². The van der Waals surface area contributed by atoms with Crippen molar-refractivity contribution in [3.63, 3.8) is 0 Å². The third-order valence-corrected chi connectivity index (χ3v) is 3.82.